The Balaban J connectivity index is 1.97. The first-order chi connectivity index (χ1) is 6.81. The minimum Gasteiger partial charge on any atom is -0.396 e. The van der Waals surface area contributed by atoms with Gasteiger partial charge in [-0.05, 0) is 48.2 Å². The van der Waals surface area contributed by atoms with Crippen LogP contribution in [0.3, 0.4) is 0 Å². The Hall–Kier alpha value is -0.380. The number of aliphatic hydroxyl groups is 1. The molecule has 0 saturated carbocycles. The Morgan fingerprint density at radius 2 is 2.57 bits per heavy atom. The summed E-state index contributed by atoms with van der Waals surface area (Å²) in [6.07, 6.45) is 1.14. The van der Waals surface area contributed by atoms with E-state index in [1.165, 1.54) is 5.56 Å². The van der Waals surface area contributed by atoms with Crippen LogP contribution in [-0.4, -0.2) is 29.7 Å². The zero-order valence-electron chi connectivity index (χ0n) is 8.52. The van der Waals surface area contributed by atoms with Gasteiger partial charge in [0.1, 0.15) is 0 Å². The van der Waals surface area contributed by atoms with Crippen LogP contribution in [0.1, 0.15) is 24.9 Å². The second kappa shape index (κ2) is 4.43. The van der Waals surface area contributed by atoms with Crippen LogP contribution in [0.2, 0.25) is 0 Å². The molecule has 0 amide bonds. The number of rotatable bonds is 3. The summed E-state index contributed by atoms with van der Waals surface area (Å²) in [4.78, 5) is 2.46. The van der Waals surface area contributed by atoms with Gasteiger partial charge in [-0.25, -0.2) is 0 Å². The lowest BCUT2D eigenvalue weighted by atomic mass is 10.1. The minimum atomic E-state index is 0.340. The first kappa shape index (κ1) is 10.1. The van der Waals surface area contributed by atoms with Crippen LogP contribution >= 0.6 is 11.3 Å². The fourth-order valence-electron chi connectivity index (χ4n) is 2.09. The predicted octanol–water partition coefficient (Wildman–Crippen LogP) is 2.12. The number of aliphatic hydroxyl groups excluding tert-OH is 1. The van der Waals surface area contributed by atoms with E-state index in [4.69, 9.17) is 5.11 Å². The fourth-order valence-corrected chi connectivity index (χ4v) is 2.83. The highest BCUT2D eigenvalue weighted by atomic mass is 32.1. The number of thiophene rings is 1. The summed E-state index contributed by atoms with van der Waals surface area (Å²) in [5, 5.41) is 13.4. The van der Waals surface area contributed by atoms with Gasteiger partial charge in [0.2, 0.25) is 0 Å². The van der Waals surface area contributed by atoms with Crippen LogP contribution in [0.5, 0.6) is 0 Å². The highest BCUT2D eigenvalue weighted by molar-refractivity contribution is 7.07. The lowest BCUT2D eigenvalue weighted by Crippen LogP contribution is -2.24. The van der Waals surface area contributed by atoms with E-state index in [9.17, 15) is 0 Å². The molecular formula is C11H17NOS. The third-order valence-corrected chi connectivity index (χ3v) is 3.85. The molecule has 1 aliphatic heterocycles. The number of hydrogen-bond acceptors (Lipinski definition) is 3. The molecule has 2 heterocycles. The second-order valence-corrected chi connectivity index (χ2v) is 4.84. The Morgan fingerprint density at radius 1 is 1.71 bits per heavy atom. The molecule has 1 saturated heterocycles. The first-order valence-corrected chi connectivity index (χ1v) is 6.12. The topological polar surface area (TPSA) is 23.5 Å². The average Bonchev–Trinajstić information content (AvgIpc) is 2.88. The maximum absolute atomic E-state index is 9.07. The lowest BCUT2D eigenvalue weighted by molar-refractivity contribution is 0.205. The van der Waals surface area contributed by atoms with E-state index < -0.39 is 0 Å². The van der Waals surface area contributed by atoms with E-state index in [-0.39, 0.29) is 0 Å². The maximum Gasteiger partial charge on any atom is 0.0471 e. The van der Waals surface area contributed by atoms with Gasteiger partial charge in [-0.1, -0.05) is 0 Å². The standard InChI is InChI=1S/C11H17NOS/c1-9(11-3-5-14-8-11)12-4-2-10(6-12)7-13/h3,5,8-10,13H,2,4,6-7H2,1H3. The summed E-state index contributed by atoms with van der Waals surface area (Å²) < 4.78 is 0. The monoisotopic (exact) mass is 211 g/mol. The van der Waals surface area contributed by atoms with Gasteiger partial charge >= 0.3 is 0 Å². The molecule has 14 heavy (non-hydrogen) atoms. The van der Waals surface area contributed by atoms with E-state index in [0.717, 1.165) is 19.5 Å². The molecule has 2 nitrogen and oxygen atoms in total. The first-order valence-electron chi connectivity index (χ1n) is 5.18. The molecule has 0 aromatic carbocycles. The summed E-state index contributed by atoms with van der Waals surface area (Å²) >= 11 is 1.76. The van der Waals surface area contributed by atoms with Crippen LogP contribution in [0.15, 0.2) is 16.8 Å². The van der Waals surface area contributed by atoms with Gasteiger partial charge in [0.15, 0.2) is 0 Å². The SMILES string of the molecule is CC(c1ccsc1)N1CCC(CO)C1. The van der Waals surface area contributed by atoms with Crippen molar-refractivity contribution in [3.63, 3.8) is 0 Å². The molecule has 0 spiro atoms. The molecule has 1 aromatic heterocycles. The van der Waals surface area contributed by atoms with Crippen LogP contribution in [0.25, 0.3) is 0 Å². The van der Waals surface area contributed by atoms with Gasteiger partial charge in [0.05, 0.1) is 0 Å². The van der Waals surface area contributed by atoms with Gasteiger partial charge in [-0.2, -0.15) is 11.3 Å². The third-order valence-electron chi connectivity index (χ3n) is 3.15. The molecule has 0 aliphatic carbocycles. The molecule has 1 fully saturated rings. The molecule has 0 radical (unpaired) electrons. The summed E-state index contributed by atoms with van der Waals surface area (Å²) in [6, 6.07) is 2.71. The van der Waals surface area contributed by atoms with Gasteiger partial charge in [0.25, 0.3) is 0 Å². The minimum absolute atomic E-state index is 0.340. The van der Waals surface area contributed by atoms with E-state index in [0.29, 0.717) is 18.6 Å². The predicted molar refractivity (Wildman–Crippen MR) is 59.5 cm³/mol. The summed E-state index contributed by atoms with van der Waals surface area (Å²) in [7, 11) is 0. The molecule has 2 atom stereocenters. The van der Waals surface area contributed by atoms with Crippen LogP contribution in [0, 0.1) is 5.92 Å². The van der Waals surface area contributed by atoms with E-state index in [2.05, 4.69) is 28.7 Å². The number of nitrogens with zero attached hydrogens (tertiary/aromatic N) is 1. The Morgan fingerprint density at radius 3 is 3.14 bits per heavy atom. The van der Waals surface area contributed by atoms with E-state index in [1.807, 2.05) is 0 Å². The van der Waals surface area contributed by atoms with Crippen LogP contribution < -0.4 is 0 Å². The largest absolute Gasteiger partial charge is 0.396 e. The van der Waals surface area contributed by atoms with Crippen molar-refractivity contribution in [2.24, 2.45) is 5.92 Å². The lowest BCUT2D eigenvalue weighted by Gasteiger charge is -2.23. The van der Waals surface area contributed by atoms with Crippen molar-refractivity contribution in [3.05, 3.63) is 22.4 Å². The number of likely N-dealkylation sites (tertiary alicyclic amines) is 1. The van der Waals surface area contributed by atoms with Crippen molar-refractivity contribution in [1.82, 2.24) is 4.90 Å². The Labute approximate surface area is 89.2 Å². The molecule has 0 bridgehead atoms. The molecule has 78 valence electrons. The molecule has 3 heteroatoms. The zero-order chi connectivity index (χ0) is 9.97. The molecule has 1 N–H and O–H groups in total. The van der Waals surface area contributed by atoms with E-state index >= 15 is 0 Å². The Kier molecular flexibility index (Phi) is 3.21. The maximum atomic E-state index is 9.07. The molecule has 1 aliphatic rings. The van der Waals surface area contributed by atoms with Crippen molar-refractivity contribution in [3.8, 4) is 0 Å². The number of hydrogen-bond donors (Lipinski definition) is 1. The fraction of sp³-hybridized carbons (Fsp3) is 0.636. The van der Waals surface area contributed by atoms with Crippen molar-refractivity contribution < 1.29 is 5.11 Å². The van der Waals surface area contributed by atoms with Crippen molar-refractivity contribution in [2.75, 3.05) is 19.7 Å². The highest BCUT2D eigenvalue weighted by Gasteiger charge is 2.26. The smallest absolute Gasteiger partial charge is 0.0471 e. The quantitative estimate of drug-likeness (QED) is 0.828. The van der Waals surface area contributed by atoms with Crippen molar-refractivity contribution in [1.29, 1.82) is 0 Å². The zero-order valence-corrected chi connectivity index (χ0v) is 9.33. The third kappa shape index (κ3) is 2.00. The molecule has 2 unspecified atom stereocenters. The van der Waals surface area contributed by atoms with Gasteiger partial charge < -0.3 is 5.11 Å². The molecule has 2 rings (SSSR count). The normalized spacial score (nSPS) is 25.4. The Bertz CT molecular complexity index is 273. The van der Waals surface area contributed by atoms with Crippen molar-refractivity contribution >= 4 is 11.3 Å². The summed E-state index contributed by atoms with van der Waals surface area (Å²) in [5.41, 5.74) is 1.41. The molecular weight excluding hydrogens is 194 g/mol. The van der Waals surface area contributed by atoms with Crippen molar-refractivity contribution in [2.45, 2.75) is 19.4 Å². The average molecular weight is 211 g/mol. The van der Waals surface area contributed by atoms with Gasteiger partial charge in [-0.15, -0.1) is 0 Å². The van der Waals surface area contributed by atoms with Gasteiger partial charge in [0, 0.05) is 19.2 Å². The highest BCUT2D eigenvalue weighted by Crippen LogP contribution is 2.28. The van der Waals surface area contributed by atoms with Crippen LogP contribution in [-0.2, 0) is 0 Å². The molecule has 1 aromatic rings. The van der Waals surface area contributed by atoms with Crippen LogP contribution in [0.4, 0.5) is 0 Å². The van der Waals surface area contributed by atoms with Gasteiger partial charge in [-0.3, -0.25) is 4.90 Å². The summed E-state index contributed by atoms with van der Waals surface area (Å²) in [5.74, 6) is 0.496. The summed E-state index contributed by atoms with van der Waals surface area (Å²) in [6.45, 7) is 4.77. The second-order valence-electron chi connectivity index (χ2n) is 4.06. The van der Waals surface area contributed by atoms with E-state index in [1.54, 1.807) is 11.3 Å².